The Kier molecular flexibility index (Phi) is 15.7. The van der Waals surface area contributed by atoms with Crippen LogP contribution in [0, 0.1) is 6.92 Å². The molecule has 0 nitrogen and oxygen atoms in total. The van der Waals surface area contributed by atoms with Gasteiger partial charge in [-0.25, -0.2) is 0 Å². The molecule has 0 spiro atoms. The second-order valence-electron chi connectivity index (χ2n) is 14.0. The minimum atomic E-state index is 0. The molecule has 6 aromatic rings. The molecule has 0 unspecified atom stereocenters. The second kappa shape index (κ2) is 18.7. The van der Waals surface area contributed by atoms with Gasteiger partial charge in [-0.3, -0.25) is 0 Å². The predicted octanol–water partition coefficient (Wildman–Crippen LogP) is 7.46. The van der Waals surface area contributed by atoms with Crippen molar-refractivity contribution in [2.75, 3.05) is 0 Å². The molecule has 250 valence electrons. The molecule has 0 atom stereocenters. The Morgan fingerprint density at radius 2 is 1.04 bits per heavy atom. The molecule has 0 aromatic heterocycles. The van der Waals surface area contributed by atoms with Crippen LogP contribution in [0.5, 0.6) is 0 Å². The Morgan fingerprint density at radius 1 is 0.625 bits per heavy atom. The average Bonchev–Trinajstić information content (AvgIpc) is 3.80. The van der Waals surface area contributed by atoms with Crippen molar-refractivity contribution in [2.45, 2.75) is 91.1 Å². The van der Waals surface area contributed by atoms with Crippen molar-refractivity contribution in [1.29, 1.82) is 0 Å². The van der Waals surface area contributed by atoms with Crippen LogP contribution in [0.3, 0.4) is 0 Å². The third-order valence-electron chi connectivity index (χ3n) is 9.27. The van der Waals surface area contributed by atoms with E-state index in [1.54, 1.807) is 28.9 Å². The molecule has 0 heterocycles. The van der Waals surface area contributed by atoms with E-state index in [0.29, 0.717) is 11.8 Å². The first-order chi connectivity index (χ1) is 22.1. The van der Waals surface area contributed by atoms with Crippen molar-refractivity contribution < 1.29 is 48.1 Å². The van der Waals surface area contributed by atoms with Gasteiger partial charge in [-0.15, -0.1) is 69.1 Å². The van der Waals surface area contributed by atoms with Crippen LogP contribution in [0.2, 0.25) is 13.1 Å². The maximum atomic E-state index is 2.46. The van der Waals surface area contributed by atoms with Gasteiger partial charge in [0, 0.05) is 0 Å². The van der Waals surface area contributed by atoms with Crippen LogP contribution in [-0.4, -0.2) is 5.43 Å². The van der Waals surface area contributed by atoms with Gasteiger partial charge in [0.05, 0.1) is 0 Å². The van der Waals surface area contributed by atoms with E-state index >= 15 is 0 Å². The molecule has 0 saturated heterocycles. The quantitative estimate of drug-likeness (QED) is 0.126. The topological polar surface area (TPSA) is 0 Å². The second-order valence-corrected chi connectivity index (χ2v) is 23.3. The van der Waals surface area contributed by atoms with Crippen LogP contribution in [0.25, 0.3) is 43.8 Å². The van der Waals surface area contributed by atoms with Gasteiger partial charge >= 0.3 is 41.9 Å². The third kappa shape index (κ3) is 10.2. The van der Waals surface area contributed by atoms with Gasteiger partial charge < -0.3 is 24.8 Å². The Bertz CT molecular complexity index is 1880. The predicted molar refractivity (Wildman–Crippen MR) is 202 cm³/mol. The average molecular weight is 769 g/mol. The first kappa shape index (κ1) is 40.2. The molecule has 0 amide bonds. The van der Waals surface area contributed by atoms with Crippen molar-refractivity contribution in [3.8, 4) is 22.3 Å². The zero-order valence-electron chi connectivity index (χ0n) is 29.7. The molecule has 1 aliphatic rings. The molecule has 0 aliphatic heterocycles. The standard InChI is InChI=1S/C23H25.C19H19.C2H6Si.2ClH.Zr/c1-16(2)17-10-12-19(13-11-17)22-9-5-8-20-14-21(15-23(20)22)18-6-3-4-7-18;1-13(2)15-7-9-16(10-8-15)18-6-4-5-17-11-14(3)12-19(17)18;1-3-2;;;/h5,8-16,18H,3-4,6-7H2,1-2H3;4-13H,1-3H3;1-2H3;2*1H;/q2*-1;;;;+2/p-2. The van der Waals surface area contributed by atoms with Crippen LogP contribution in [0.4, 0.5) is 0 Å². The maximum Gasteiger partial charge on any atom is -0.0219 e. The summed E-state index contributed by atoms with van der Waals surface area (Å²) >= 11 is 1.74. The summed E-state index contributed by atoms with van der Waals surface area (Å²) in [5.41, 5.74) is 11.3. The van der Waals surface area contributed by atoms with Crippen molar-refractivity contribution >= 4 is 27.0 Å². The van der Waals surface area contributed by atoms with Crippen LogP contribution in [-0.2, 0) is 23.3 Å². The van der Waals surface area contributed by atoms with E-state index in [0.717, 1.165) is 5.92 Å². The first-order valence-corrected chi connectivity index (χ1v) is 23.4. The molecule has 4 heteroatoms. The molecule has 0 bridgehead atoms. The molecule has 0 radical (unpaired) electrons. The van der Waals surface area contributed by atoms with Crippen LogP contribution >= 0.6 is 0 Å². The fourth-order valence-corrected chi connectivity index (χ4v) is 6.74. The van der Waals surface area contributed by atoms with E-state index in [1.165, 1.54) is 86.2 Å². The summed E-state index contributed by atoms with van der Waals surface area (Å²) in [4.78, 5) is 0. The van der Waals surface area contributed by atoms with Gasteiger partial charge in [-0.2, -0.15) is 12.1 Å². The monoisotopic (exact) mass is 766 g/mol. The molecule has 6 aromatic carbocycles. The largest absolute Gasteiger partial charge is 1.00 e. The number of halogens is 2. The Morgan fingerprint density at radius 3 is 1.48 bits per heavy atom. The minimum absolute atomic E-state index is 0. The summed E-state index contributed by atoms with van der Waals surface area (Å²) in [5, 5.41) is 5.52. The molecule has 1 fully saturated rings. The Hall–Kier alpha value is -2.22. The summed E-state index contributed by atoms with van der Waals surface area (Å²) in [5.74, 6) is 1.97. The summed E-state index contributed by atoms with van der Waals surface area (Å²) in [6, 6.07) is 40.8. The van der Waals surface area contributed by atoms with Gasteiger partial charge in [-0.05, 0) is 52.8 Å². The molecule has 1 saturated carbocycles. The van der Waals surface area contributed by atoms with Crippen molar-refractivity contribution in [2.24, 2.45) is 0 Å². The van der Waals surface area contributed by atoms with Gasteiger partial charge in [-0.1, -0.05) is 119 Å². The third-order valence-corrected chi connectivity index (χ3v) is 9.27. The van der Waals surface area contributed by atoms with Crippen molar-refractivity contribution in [1.82, 2.24) is 0 Å². The number of hydrogen-bond acceptors (Lipinski definition) is 0. The SMILES string of the molecule is CC(C)c1ccc(-c2cccc3[cH-]c(C4CCCC4)cc23)cc1.C[Si](C)=[Zr+2].Cc1cc2c(-c3ccc(C(C)C)cc3)cccc2[cH-]1.[Cl-].[Cl-]. The van der Waals surface area contributed by atoms with Crippen molar-refractivity contribution in [3.05, 3.63) is 131 Å². The summed E-state index contributed by atoms with van der Waals surface area (Å²) in [7, 11) is 0. The van der Waals surface area contributed by atoms with E-state index in [9.17, 15) is 0 Å². The summed E-state index contributed by atoms with van der Waals surface area (Å²) in [6.07, 6.45) is 5.54. The zero-order valence-corrected chi connectivity index (χ0v) is 34.7. The number of fused-ring (bicyclic) bond motifs is 2. The maximum absolute atomic E-state index is 2.46. The number of hydrogen-bond donors (Lipinski definition) is 0. The van der Waals surface area contributed by atoms with Crippen molar-refractivity contribution in [3.63, 3.8) is 0 Å². The van der Waals surface area contributed by atoms with Crippen LogP contribution in [0.1, 0.15) is 93.4 Å². The normalized spacial score (nSPS) is 12.6. The number of benzene rings is 4. The van der Waals surface area contributed by atoms with Crippen LogP contribution in [0.15, 0.2) is 109 Å². The van der Waals surface area contributed by atoms with Gasteiger partial charge in [0.25, 0.3) is 0 Å². The van der Waals surface area contributed by atoms with E-state index < -0.39 is 0 Å². The van der Waals surface area contributed by atoms with Gasteiger partial charge in [0.15, 0.2) is 0 Å². The smallest absolute Gasteiger partial charge is 0.0219 e. The molecule has 7 rings (SSSR count). The molecular formula is C44H50Cl2SiZr-2. The Balaban J connectivity index is 0.000000229. The first-order valence-electron chi connectivity index (χ1n) is 17.2. The zero-order chi connectivity index (χ0) is 32.8. The summed E-state index contributed by atoms with van der Waals surface area (Å²) in [6.45, 7) is 15.7. The van der Waals surface area contributed by atoms with Gasteiger partial charge in [0.2, 0.25) is 0 Å². The Labute approximate surface area is 317 Å². The van der Waals surface area contributed by atoms with E-state index in [-0.39, 0.29) is 30.2 Å². The van der Waals surface area contributed by atoms with Crippen LogP contribution < -0.4 is 24.8 Å². The fraction of sp³-hybridized carbons (Fsp3) is 0.318. The molecule has 0 N–H and O–H groups in total. The van der Waals surface area contributed by atoms with E-state index in [4.69, 9.17) is 0 Å². The van der Waals surface area contributed by atoms with E-state index in [2.05, 4.69) is 157 Å². The molecule has 48 heavy (non-hydrogen) atoms. The fourth-order valence-electron chi connectivity index (χ4n) is 6.74. The molecular weight excluding hydrogens is 719 g/mol. The summed E-state index contributed by atoms with van der Waals surface area (Å²) < 4.78 is 0. The molecule has 1 aliphatic carbocycles. The minimum Gasteiger partial charge on any atom is -1.00 e. The number of rotatable bonds is 5. The number of aryl methyl sites for hydroxylation is 1. The van der Waals surface area contributed by atoms with E-state index in [1.807, 2.05) is 0 Å². The van der Waals surface area contributed by atoms with Gasteiger partial charge in [0.1, 0.15) is 0 Å².